The number of rotatable bonds is 6. The highest BCUT2D eigenvalue weighted by Gasteiger charge is 2.19. The van der Waals surface area contributed by atoms with Crippen LogP contribution in [0.5, 0.6) is 0 Å². The van der Waals surface area contributed by atoms with Gasteiger partial charge in [0, 0.05) is 15.7 Å². The lowest BCUT2D eigenvalue weighted by atomic mass is 10.0. The highest BCUT2D eigenvalue weighted by molar-refractivity contribution is 9.10. The lowest BCUT2D eigenvalue weighted by molar-refractivity contribution is -0.116. The number of benzene rings is 3. The normalized spacial score (nSPS) is 11.5. The minimum absolute atomic E-state index is 0.100. The van der Waals surface area contributed by atoms with Gasteiger partial charge in [0.1, 0.15) is 0 Å². The van der Waals surface area contributed by atoms with Crippen LogP contribution in [0.4, 0.5) is 5.69 Å². The van der Waals surface area contributed by atoms with E-state index in [0.717, 1.165) is 5.56 Å². The first-order chi connectivity index (χ1) is 13.5. The summed E-state index contributed by atoms with van der Waals surface area (Å²) in [5.41, 5.74) is 2.03. The number of nitrogens with one attached hydrogen (secondary N) is 2. The molecule has 0 saturated heterocycles. The lowest BCUT2D eigenvalue weighted by Gasteiger charge is -2.19. The highest BCUT2D eigenvalue weighted by atomic mass is 79.9. The molecule has 0 radical (unpaired) electrons. The Morgan fingerprint density at radius 2 is 1.57 bits per heavy atom. The Morgan fingerprint density at radius 3 is 2.21 bits per heavy atom. The van der Waals surface area contributed by atoms with Gasteiger partial charge in [-0.05, 0) is 51.8 Å². The Balaban J connectivity index is 1.74. The van der Waals surface area contributed by atoms with E-state index in [-0.39, 0.29) is 18.2 Å². The van der Waals surface area contributed by atoms with Crippen LogP contribution in [0.15, 0.2) is 83.3 Å². The molecule has 142 valence electrons. The van der Waals surface area contributed by atoms with Crippen molar-refractivity contribution in [2.45, 2.75) is 12.5 Å². The molecule has 0 bridgehead atoms. The van der Waals surface area contributed by atoms with Crippen LogP contribution in [-0.4, -0.2) is 11.8 Å². The molecule has 0 aliphatic rings. The Kier molecular flexibility index (Phi) is 6.85. The second-order valence-corrected chi connectivity index (χ2v) is 7.45. The van der Waals surface area contributed by atoms with Crippen LogP contribution >= 0.6 is 27.5 Å². The summed E-state index contributed by atoms with van der Waals surface area (Å²) in [6.45, 7) is 0. The summed E-state index contributed by atoms with van der Waals surface area (Å²) in [7, 11) is 0. The molecule has 3 aromatic rings. The predicted molar refractivity (Wildman–Crippen MR) is 115 cm³/mol. The minimum Gasteiger partial charge on any atom is -0.345 e. The zero-order valence-electron chi connectivity index (χ0n) is 14.9. The van der Waals surface area contributed by atoms with Gasteiger partial charge < -0.3 is 10.6 Å². The molecule has 0 heterocycles. The molecule has 1 atom stereocenters. The van der Waals surface area contributed by atoms with Crippen LogP contribution in [0.25, 0.3) is 0 Å². The van der Waals surface area contributed by atoms with Gasteiger partial charge in [-0.3, -0.25) is 9.59 Å². The maximum Gasteiger partial charge on any atom is 0.251 e. The molecule has 4 nitrogen and oxygen atoms in total. The number of halogens is 2. The quantitative estimate of drug-likeness (QED) is 0.506. The zero-order chi connectivity index (χ0) is 19.9. The number of amides is 2. The molecule has 2 N–H and O–H groups in total. The molecule has 6 heteroatoms. The van der Waals surface area contributed by atoms with E-state index in [4.69, 9.17) is 11.6 Å². The summed E-state index contributed by atoms with van der Waals surface area (Å²) >= 11 is 9.33. The molecule has 0 saturated carbocycles. The van der Waals surface area contributed by atoms with E-state index in [0.29, 0.717) is 20.7 Å². The van der Waals surface area contributed by atoms with E-state index in [2.05, 4.69) is 26.6 Å². The van der Waals surface area contributed by atoms with Gasteiger partial charge in [0.05, 0.1) is 17.5 Å². The molecule has 0 aliphatic carbocycles. The smallest absolute Gasteiger partial charge is 0.251 e. The number of carbonyl (C=O) groups excluding carboxylic acids is 2. The van der Waals surface area contributed by atoms with Gasteiger partial charge in [0.15, 0.2) is 0 Å². The van der Waals surface area contributed by atoms with Crippen molar-refractivity contribution in [2.24, 2.45) is 0 Å². The van der Waals surface area contributed by atoms with Crippen LogP contribution < -0.4 is 10.6 Å². The van der Waals surface area contributed by atoms with E-state index < -0.39 is 6.04 Å². The molecule has 28 heavy (non-hydrogen) atoms. The van der Waals surface area contributed by atoms with Crippen molar-refractivity contribution in [1.29, 1.82) is 0 Å². The van der Waals surface area contributed by atoms with Crippen LogP contribution in [-0.2, 0) is 4.79 Å². The first kappa shape index (κ1) is 20.1. The van der Waals surface area contributed by atoms with E-state index in [1.54, 1.807) is 42.5 Å². The van der Waals surface area contributed by atoms with Crippen LogP contribution in [0.3, 0.4) is 0 Å². The summed E-state index contributed by atoms with van der Waals surface area (Å²) in [6, 6.07) is 23.1. The molecule has 3 aromatic carbocycles. The van der Waals surface area contributed by atoms with E-state index in [1.807, 2.05) is 36.4 Å². The monoisotopic (exact) mass is 456 g/mol. The topological polar surface area (TPSA) is 58.2 Å². The SMILES string of the molecule is O=C(C[C@@H](NC(=O)c1ccccc1)c1ccccc1)Nc1ccc(Cl)c(Br)c1. The standard InChI is InChI=1S/C22H18BrClN2O2/c23-18-13-17(11-12-19(18)24)25-21(27)14-20(15-7-3-1-4-8-15)26-22(28)16-9-5-2-6-10-16/h1-13,20H,14H2,(H,25,27)(H,26,28)/t20-/m1/s1. The van der Waals surface area contributed by atoms with E-state index in [9.17, 15) is 9.59 Å². The predicted octanol–water partition coefficient (Wildman–Crippen LogP) is 5.60. The van der Waals surface area contributed by atoms with Crippen molar-refractivity contribution in [3.05, 3.63) is 99.5 Å². The summed E-state index contributed by atoms with van der Waals surface area (Å²) in [5.74, 6) is -0.437. The van der Waals surface area contributed by atoms with Crippen molar-refractivity contribution < 1.29 is 9.59 Å². The Bertz CT molecular complexity index is 965. The van der Waals surface area contributed by atoms with Gasteiger partial charge in [-0.2, -0.15) is 0 Å². The first-order valence-electron chi connectivity index (χ1n) is 8.68. The highest BCUT2D eigenvalue weighted by Crippen LogP contribution is 2.26. The number of carbonyl (C=O) groups is 2. The van der Waals surface area contributed by atoms with Crippen LogP contribution in [0.2, 0.25) is 5.02 Å². The van der Waals surface area contributed by atoms with E-state index >= 15 is 0 Å². The summed E-state index contributed by atoms with van der Waals surface area (Å²) in [5, 5.41) is 6.37. The molecule has 2 amide bonds. The molecule has 0 spiro atoms. The third kappa shape index (κ3) is 5.44. The molecule has 0 aromatic heterocycles. The Labute approximate surface area is 177 Å². The summed E-state index contributed by atoms with van der Waals surface area (Å²) in [6.07, 6.45) is 0.100. The zero-order valence-corrected chi connectivity index (χ0v) is 17.2. The largest absolute Gasteiger partial charge is 0.345 e. The Hall–Kier alpha value is -2.63. The number of hydrogen-bond donors (Lipinski definition) is 2. The van der Waals surface area contributed by atoms with Gasteiger partial charge in [0.2, 0.25) is 5.91 Å². The first-order valence-corrected chi connectivity index (χ1v) is 9.86. The Morgan fingerprint density at radius 1 is 0.929 bits per heavy atom. The molecule has 0 unspecified atom stereocenters. The van der Waals surface area contributed by atoms with Crippen molar-refractivity contribution in [2.75, 3.05) is 5.32 Å². The fourth-order valence-corrected chi connectivity index (χ4v) is 3.24. The molecular weight excluding hydrogens is 440 g/mol. The van der Waals surface area contributed by atoms with Crippen LogP contribution in [0, 0.1) is 0 Å². The summed E-state index contributed by atoms with van der Waals surface area (Å²) < 4.78 is 0.698. The second kappa shape index (κ2) is 9.53. The fourth-order valence-electron chi connectivity index (χ4n) is 2.74. The van der Waals surface area contributed by atoms with Gasteiger partial charge in [0.25, 0.3) is 5.91 Å². The van der Waals surface area contributed by atoms with Crippen molar-refractivity contribution in [3.8, 4) is 0 Å². The molecule has 0 aliphatic heterocycles. The average Bonchev–Trinajstić information content (AvgIpc) is 2.71. The average molecular weight is 458 g/mol. The van der Waals surface area contributed by atoms with Gasteiger partial charge in [-0.1, -0.05) is 60.1 Å². The van der Waals surface area contributed by atoms with Crippen molar-refractivity contribution >= 4 is 45.0 Å². The lowest BCUT2D eigenvalue weighted by Crippen LogP contribution is -2.31. The third-order valence-corrected chi connectivity index (χ3v) is 5.35. The molecule has 3 rings (SSSR count). The van der Waals surface area contributed by atoms with Crippen molar-refractivity contribution in [1.82, 2.24) is 5.32 Å². The van der Waals surface area contributed by atoms with Gasteiger partial charge in [-0.15, -0.1) is 0 Å². The summed E-state index contributed by atoms with van der Waals surface area (Å²) in [4.78, 5) is 25.2. The number of anilines is 1. The van der Waals surface area contributed by atoms with Crippen LogP contribution in [0.1, 0.15) is 28.4 Å². The van der Waals surface area contributed by atoms with E-state index in [1.165, 1.54) is 0 Å². The van der Waals surface area contributed by atoms with Crippen molar-refractivity contribution in [3.63, 3.8) is 0 Å². The second-order valence-electron chi connectivity index (χ2n) is 6.18. The van der Waals surface area contributed by atoms with Gasteiger partial charge in [-0.25, -0.2) is 0 Å². The minimum atomic E-state index is -0.454. The fraction of sp³-hybridized carbons (Fsp3) is 0.0909. The maximum atomic E-state index is 12.6. The molecule has 0 fully saturated rings. The van der Waals surface area contributed by atoms with Gasteiger partial charge >= 0.3 is 0 Å². The number of hydrogen-bond acceptors (Lipinski definition) is 2. The third-order valence-electron chi connectivity index (χ3n) is 4.14. The maximum absolute atomic E-state index is 12.6. The molecular formula is C22H18BrClN2O2.